The van der Waals surface area contributed by atoms with Gasteiger partial charge >= 0.3 is 0 Å². The van der Waals surface area contributed by atoms with E-state index in [2.05, 4.69) is 0 Å². The van der Waals surface area contributed by atoms with Gasteiger partial charge in [-0.1, -0.05) is 36.4 Å². The lowest BCUT2D eigenvalue weighted by Crippen LogP contribution is -2.46. The van der Waals surface area contributed by atoms with Crippen molar-refractivity contribution < 1.29 is 18.6 Å². The van der Waals surface area contributed by atoms with Crippen molar-refractivity contribution >= 4 is 0 Å². The Morgan fingerprint density at radius 2 is 1.56 bits per heavy atom. The van der Waals surface area contributed by atoms with Gasteiger partial charge in [-0.2, -0.15) is 0 Å². The van der Waals surface area contributed by atoms with Crippen LogP contribution in [0.1, 0.15) is 24.0 Å². The van der Waals surface area contributed by atoms with Gasteiger partial charge in [0.2, 0.25) is 0 Å². The summed E-state index contributed by atoms with van der Waals surface area (Å²) in [6.07, 6.45) is 1.05. The van der Waals surface area contributed by atoms with Crippen LogP contribution in [0.5, 0.6) is 0 Å². The molecule has 0 atom stereocenters. The minimum Gasteiger partial charge on any atom is -0.388 e. The third kappa shape index (κ3) is 4.84. The predicted octanol–water partition coefficient (Wildman–Crippen LogP) is 3.51. The summed E-state index contributed by atoms with van der Waals surface area (Å²) in [4.78, 5) is 1.90. The number of hydrogen-bond acceptors (Lipinski definition) is 3. The lowest BCUT2D eigenvalue weighted by molar-refractivity contribution is -0.0823. The van der Waals surface area contributed by atoms with Gasteiger partial charge in [-0.3, -0.25) is 4.90 Å². The lowest BCUT2D eigenvalue weighted by Gasteiger charge is -2.37. The first-order chi connectivity index (χ1) is 12.1. The molecule has 1 fully saturated rings. The van der Waals surface area contributed by atoms with Gasteiger partial charge < -0.3 is 9.84 Å². The molecular weight excluding hydrogens is 324 g/mol. The average Bonchev–Trinajstić information content (AvgIpc) is 2.59. The maximum atomic E-state index is 14.1. The van der Waals surface area contributed by atoms with E-state index in [0.717, 1.165) is 5.56 Å². The van der Waals surface area contributed by atoms with Gasteiger partial charge in [-0.05, 0) is 17.7 Å². The summed E-state index contributed by atoms with van der Waals surface area (Å²) in [6.45, 7) is 1.97. The zero-order chi connectivity index (χ0) is 17.7. The maximum absolute atomic E-state index is 14.1. The van der Waals surface area contributed by atoms with Crippen LogP contribution in [-0.4, -0.2) is 35.4 Å². The number of aliphatic hydroxyl groups is 1. The van der Waals surface area contributed by atoms with E-state index in [9.17, 15) is 13.9 Å². The Kier molecular flexibility index (Phi) is 5.78. The van der Waals surface area contributed by atoms with Crippen molar-refractivity contribution in [2.45, 2.75) is 31.5 Å². The van der Waals surface area contributed by atoms with Gasteiger partial charge in [0, 0.05) is 51.3 Å². The summed E-state index contributed by atoms with van der Waals surface area (Å²) in [5.74, 6) is -1.12. The summed E-state index contributed by atoms with van der Waals surface area (Å²) in [6, 6.07) is 13.6. The van der Waals surface area contributed by atoms with Crippen LogP contribution in [0.2, 0.25) is 0 Å². The van der Waals surface area contributed by atoms with E-state index in [-0.39, 0.29) is 12.1 Å². The predicted molar refractivity (Wildman–Crippen MR) is 91.9 cm³/mol. The molecule has 0 bridgehead atoms. The molecule has 1 aliphatic heterocycles. The first kappa shape index (κ1) is 18.0. The molecule has 1 aliphatic rings. The van der Waals surface area contributed by atoms with Crippen LogP contribution in [0.25, 0.3) is 0 Å². The third-order valence-electron chi connectivity index (χ3n) is 4.63. The SMILES string of the molecule is OC1(CN(Cc2ccccc2)Cc2c(F)cccc2F)CCOCC1. The molecule has 3 nitrogen and oxygen atoms in total. The molecule has 2 aromatic rings. The molecule has 1 saturated heterocycles. The lowest BCUT2D eigenvalue weighted by atomic mass is 9.93. The van der Waals surface area contributed by atoms with Crippen molar-refractivity contribution in [2.75, 3.05) is 19.8 Å². The summed E-state index contributed by atoms with van der Waals surface area (Å²) < 4.78 is 33.5. The third-order valence-corrected chi connectivity index (χ3v) is 4.63. The summed E-state index contributed by atoms with van der Waals surface area (Å²) >= 11 is 0. The molecule has 0 amide bonds. The van der Waals surface area contributed by atoms with E-state index in [1.165, 1.54) is 18.2 Å². The summed E-state index contributed by atoms with van der Waals surface area (Å²) in [5.41, 5.74) is 0.179. The van der Waals surface area contributed by atoms with Crippen LogP contribution in [0.4, 0.5) is 8.78 Å². The highest BCUT2D eigenvalue weighted by Crippen LogP contribution is 2.25. The highest BCUT2D eigenvalue weighted by atomic mass is 19.1. The molecule has 2 aromatic carbocycles. The standard InChI is InChI=1S/C20H23F2NO2/c21-18-7-4-8-19(22)17(18)14-23(13-16-5-2-1-3-6-16)15-20(24)9-11-25-12-10-20/h1-8,24H,9-15H2. The Labute approximate surface area is 146 Å². The fraction of sp³-hybridized carbons (Fsp3) is 0.400. The second-order valence-electron chi connectivity index (χ2n) is 6.67. The van der Waals surface area contributed by atoms with Gasteiger partial charge in [0.15, 0.2) is 0 Å². The maximum Gasteiger partial charge on any atom is 0.130 e. The molecule has 0 saturated carbocycles. The Morgan fingerprint density at radius 1 is 0.920 bits per heavy atom. The van der Waals surface area contributed by atoms with Gasteiger partial charge in [0.1, 0.15) is 11.6 Å². The fourth-order valence-corrected chi connectivity index (χ4v) is 3.24. The Balaban J connectivity index is 1.80. The van der Waals surface area contributed by atoms with Crippen molar-refractivity contribution in [1.29, 1.82) is 0 Å². The highest BCUT2D eigenvalue weighted by Gasteiger charge is 2.32. The largest absolute Gasteiger partial charge is 0.388 e. The molecule has 0 radical (unpaired) electrons. The van der Waals surface area contributed by atoms with Crippen LogP contribution >= 0.6 is 0 Å². The highest BCUT2D eigenvalue weighted by molar-refractivity contribution is 5.20. The van der Waals surface area contributed by atoms with Crippen LogP contribution in [-0.2, 0) is 17.8 Å². The van der Waals surface area contributed by atoms with Crippen LogP contribution in [0.3, 0.4) is 0 Å². The normalized spacial score (nSPS) is 17.0. The molecule has 134 valence electrons. The molecular formula is C20H23F2NO2. The van der Waals surface area contributed by atoms with Crippen molar-refractivity contribution in [1.82, 2.24) is 4.90 Å². The number of benzene rings is 2. The van der Waals surface area contributed by atoms with E-state index in [1.807, 2.05) is 35.2 Å². The zero-order valence-electron chi connectivity index (χ0n) is 14.1. The number of halogens is 2. The summed E-state index contributed by atoms with van der Waals surface area (Å²) in [5, 5.41) is 10.8. The van der Waals surface area contributed by atoms with Gasteiger partial charge in [0.05, 0.1) is 5.60 Å². The van der Waals surface area contributed by atoms with Gasteiger partial charge in [-0.15, -0.1) is 0 Å². The molecule has 5 heteroatoms. The molecule has 1 heterocycles. The first-order valence-corrected chi connectivity index (χ1v) is 8.55. The quantitative estimate of drug-likeness (QED) is 0.868. The number of ether oxygens (including phenoxy) is 1. The number of rotatable bonds is 6. The van der Waals surface area contributed by atoms with Gasteiger partial charge in [0.25, 0.3) is 0 Å². The van der Waals surface area contributed by atoms with E-state index < -0.39 is 17.2 Å². The minimum atomic E-state index is -0.894. The van der Waals surface area contributed by atoms with Crippen molar-refractivity contribution in [2.24, 2.45) is 0 Å². The fourth-order valence-electron chi connectivity index (χ4n) is 3.24. The van der Waals surface area contributed by atoms with Crippen LogP contribution < -0.4 is 0 Å². The smallest absolute Gasteiger partial charge is 0.130 e. The zero-order valence-corrected chi connectivity index (χ0v) is 14.1. The average molecular weight is 347 g/mol. The second kappa shape index (κ2) is 8.04. The Morgan fingerprint density at radius 3 is 2.20 bits per heavy atom. The van der Waals surface area contributed by atoms with E-state index in [1.54, 1.807) is 0 Å². The summed E-state index contributed by atoms with van der Waals surface area (Å²) in [7, 11) is 0. The van der Waals surface area contributed by atoms with Crippen molar-refractivity contribution in [3.63, 3.8) is 0 Å². The Hall–Kier alpha value is -1.82. The van der Waals surface area contributed by atoms with E-state index >= 15 is 0 Å². The molecule has 1 N–H and O–H groups in total. The molecule has 0 aromatic heterocycles. The second-order valence-corrected chi connectivity index (χ2v) is 6.67. The molecule has 0 aliphatic carbocycles. The van der Waals surface area contributed by atoms with E-state index in [0.29, 0.717) is 39.1 Å². The monoisotopic (exact) mass is 347 g/mol. The van der Waals surface area contributed by atoms with Crippen molar-refractivity contribution in [3.8, 4) is 0 Å². The number of hydrogen-bond donors (Lipinski definition) is 1. The topological polar surface area (TPSA) is 32.7 Å². The Bertz CT molecular complexity index is 667. The number of nitrogens with zero attached hydrogens (tertiary/aromatic N) is 1. The molecule has 25 heavy (non-hydrogen) atoms. The van der Waals surface area contributed by atoms with Gasteiger partial charge in [-0.25, -0.2) is 8.78 Å². The molecule has 0 spiro atoms. The van der Waals surface area contributed by atoms with E-state index in [4.69, 9.17) is 4.74 Å². The van der Waals surface area contributed by atoms with Crippen LogP contribution in [0, 0.1) is 11.6 Å². The molecule has 0 unspecified atom stereocenters. The first-order valence-electron chi connectivity index (χ1n) is 8.55. The molecule has 3 rings (SSSR count). The van der Waals surface area contributed by atoms with Crippen molar-refractivity contribution in [3.05, 3.63) is 71.3 Å². The minimum absolute atomic E-state index is 0.0362. The van der Waals surface area contributed by atoms with Crippen LogP contribution in [0.15, 0.2) is 48.5 Å².